The predicted octanol–water partition coefficient (Wildman–Crippen LogP) is -0.321. The van der Waals surface area contributed by atoms with Crippen LogP contribution in [0.2, 0.25) is 0 Å². The van der Waals surface area contributed by atoms with Gasteiger partial charge < -0.3 is 0 Å². The van der Waals surface area contributed by atoms with E-state index in [-0.39, 0.29) is 5.56 Å². The zero-order valence-electron chi connectivity index (χ0n) is 4.90. The molecule has 10 heavy (non-hydrogen) atoms. The van der Waals surface area contributed by atoms with Crippen LogP contribution < -0.4 is 10.9 Å². The molecule has 0 bridgehead atoms. The highest BCUT2D eigenvalue weighted by Gasteiger charge is 2.10. The summed E-state index contributed by atoms with van der Waals surface area (Å²) >= 11 is 0. The van der Waals surface area contributed by atoms with Crippen molar-refractivity contribution in [1.29, 1.82) is 0 Å². The van der Waals surface area contributed by atoms with Crippen LogP contribution in [0.3, 0.4) is 0 Å². The van der Waals surface area contributed by atoms with E-state index >= 15 is 0 Å². The predicted molar refractivity (Wildman–Crippen MR) is 34.8 cm³/mol. The topological polar surface area (TPSA) is 72.2 Å². The van der Waals surface area contributed by atoms with Crippen molar-refractivity contribution in [3.63, 3.8) is 0 Å². The van der Waals surface area contributed by atoms with E-state index in [0.29, 0.717) is 11.4 Å². The molecule has 0 aromatic carbocycles. The van der Waals surface area contributed by atoms with Crippen molar-refractivity contribution in [3.8, 4) is 0 Å². The fraction of sp³-hybridized carbons (Fsp3) is 0. The Bertz CT molecular complexity index is 340. The standard InChI is InChI=1S/C5H3N4O/c10-5-4-3(1-8-9-5)6-2-7-4/h1-2H,(H,9,10). The molecule has 0 atom stereocenters. The minimum atomic E-state index is -0.296. The number of hydrogen-bond donors (Lipinski definition) is 1. The quantitative estimate of drug-likeness (QED) is 0.529. The highest BCUT2D eigenvalue weighted by Crippen LogP contribution is 2.20. The fourth-order valence-electron chi connectivity index (χ4n) is 0.750. The van der Waals surface area contributed by atoms with Gasteiger partial charge in [0.05, 0.1) is 6.20 Å². The Hall–Kier alpha value is -1.65. The molecular formula is C5H3N4O. The molecule has 1 aromatic rings. The van der Waals surface area contributed by atoms with Gasteiger partial charge in [-0.2, -0.15) is 5.10 Å². The van der Waals surface area contributed by atoms with Gasteiger partial charge in [0.15, 0.2) is 5.69 Å². The number of aliphatic imine (C=N–C) groups is 1. The van der Waals surface area contributed by atoms with Gasteiger partial charge in [0.2, 0.25) is 0 Å². The van der Waals surface area contributed by atoms with Gasteiger partial charge in [-0.05, 0) is 0 Å². The van der Waals surface area contributed by atoms with Crippen LogP contribution in [-0.2, 0) is 0 Å². The lowest BCUT2D eigenvalue weighted by Crippen LogP contribution is -2.06. The monoisotopic (exact) mass is 135 g/mol. The van der Waals surface area contributed by atoms with Crippen molar-refractivity contribution in [2.45, 2.75) is 0 Å². The van der Waals surface area contributed by atoms with E-state index in [2.05, 4.69) is 20.5 Å². The smallest absolute Gasteiger partial charge is 0.265 e. The molecule has 0 saturated carbocycles. The van der Waals surface area contributed by atoms with Gasteiger partial charge in [-0.3, -0.25) is 4.79 Å². The lowest BCUT2D eigenvalue weighted by molar-refractivity contribution is 0.984. The summed E-state index contributed by atoms with van der Waals surface area (Å²) in [5, 5.41) is 9.58. The Labute approximate surface area is 55.8 Å². The normalized spacial score (nSPS) is 12.8. The summed E-state index contributed by atoms with van der Waals surface area (Å²) in [7, 11) is 0. The molecule has 1 N–H and O–H groups in total. The Kier molecular flexibility index (Phi) is 0.858. The van der Waals surface area contributed by atoms with Crippen molar-refractivity contribution in [2.24, 2.45) is 4.99 Å². The largest absolute Gasteiger partial charge is 0.292 e. The number of fused-ring (bicyclic) bond motifs is 1. The van der Waals surface area contributed by atoms with Crippen LogP contribution in [0.4, 0.5) is 11.4 Å². The number of H-pyrrole nitrogens is 1. The Balaban J connectivity index is 2.79. The van der Waals surface area contributed by atoms with Crippen LogP contribution >= 0.6 is 0 Å². The van der Waals surface area contributed by atoms with Crippen LogP contribution in [0.25, 0.3) is 0 Å². The summed E-state index contributed by atoms with van der Waals surface area (Å²) in [6.45, 7) is 0. The van der Waals surface area contributed by atoms with Crippen molar-refractivity contribution < 1.29 is 0 Å². The molecule has 2 rings (SSSR count). The minimum Gasteiger partial charge on any atom is -0.265 e. The molecule has 0 amide bonds. The summed E-state index contributed by atoms with van der Waals surface area (Å²) in [4.78, 5) is 14.5. The average molecular weight is 135 g/mol. The second-order valence-electron chi connectivity index (χ2n) is 1.81. The molecule has 5 nitrogen and oxygen atoms in total. The highest BCUT2D eigenvalue weighted by molar-refractivity contribution is 5.80. The van der Waals surface area contributed by atoms with Gasteiger partial charge in [0.1, 0.15) is 12.0 Å². The number of nitrogens with zero attached hydrogens (tertiary/aromatic N) is 3. The first-order chi connectivity index (χ1) is 4.88. The molecule has 0 aliphatic carbocycles. The van der Waals surface area contributed by atoms with E-state index in [9.17, 15) is 4.79 Å². The zero-order valence-corrected chi connectivity index (χ0v) is 4.90. The van der Waals surface area contributed by atoms with Crippen molar-refractivity contribution in [1.82, 2.24) is 15.5 Å². The van der Waals surface area contributed by atoms with E-state index in [1.54, 1.807) is 0 Å². The van der Waals surface area contributed by atoms with E-state index < -0.39 is 0 Å². The van der Waals surface area contributed by atoms with Crippen molar-refractivity contribution in [3.05, 3.63) is 16.6 Å². The lowest BCUT2D eigenvalue weighted by atomic mass is 10.4. The third-order valence-corrected chi connectivity index (χ3v) is 1.19. The van der Waals surface area contributed by atoms with Crippen LogP contribution in [0.1, 0.15) is 0 Å². The van der Waals surface area contributed by atoms with Gasteiger partial charge >= 0.3 is 0 Å². The SMILES string of the molecule is O=c1[nH]ncc2c1N=C[N]2. The molecule has 1 aliphatic heterocycles. The summed E-state index contributed by atoms with van der Waals surface area (Å²) in [6, 6.07) is 0. The van der Waals surface area contributed by atoms with Crippen LogP contribution in [0, 0.1) is 0 Å². The summed E-state index contributed by atoms with van der Waals surface area (Å²) in [5.74, 6) is 0. The van der Waals surface area contributed by atoms with Gasteiger partial charge in [-0.15, -0.1) is 0 Å². The Morgan fingerprint density at radius 3 is 3.20 bits per heavy atom. The summed E-state index contributed by atoms with van der Waals surface area (Å²) < 4.78 is 0. The van der Waals surface area contributed by atoms with Crippen molar-refractivity contribution in [2.75, 3.05) is 0 Å². The molecule has 1 aromatic heterocycles. The highest BCUT2D eigenvalue weighted by atomic mass is 16.1. The number of hydrogen-bond acceptors (Lipinski definition) is 3. The summed E-state index contributed by atoms with van der Waals surface area (Å²) in [5.41, 5.74) is 0.578. The maximum atomic E-state index is 10.8. The first-order valence-electron chi connectivity index (χ1n) is 2.69. The zero-order chi connectivity index (χ0) is 6.97. The number of rotatable bonds is 0. The first-order valence-corrected chi connectivity index (χ1v) is 2.69. The molecule has 0 unspecified atom stereocenters. The van der Waals surface area contributed by atoms with Crippen LogP contribution in [0.15, 0.2) is 16.0 Å². The summed E-state index contributed by atoms with van der Waals surface area (Å²) in [6.07, 6.45) is 2.80. The third-order valence-electron chi connectivity index (χ3n) is 1.19. The molecule has 0 spiro atoms. The first kappa shape index (κ1) is 5.16. The van der Waals surface area contributed by atoms with Gasteiger partial charge in [-0.1, -0.05) is 0 Å². The fourth-order valence-corrected chi connectivity index (χ4v) is 0.750. The van der Waals surface area contributed by atoms with Crippen LogP contribution in [0.5, 0.6) is 0 Å². The number of aromatic amines is 1. The van der Waals surface area contributed by atoms with Gasteiger partial charge in [0, 0.05) is 0 Å². The maximum absolute atomic E-state index is 10.8. The average Bonchev–Trinajstić information content (AvgIpc) is 2.36. The molecule has 1 aliphatic rings. The molecule has 2 heterocycles. The molecular weight excluding hydrogens is 132 g/mol. The molecule has 5 heteroatoms. The van der Waals surface area contributed by atoms with E-state index in [4.69, 9.17) is 0 Å². The van der Waals surface area contributed by atoms with Crippen LogP contribution in [-0.4, -0.2) is 16.5 Å². The molecule has 0 saturated heterocycles. The molecule has 1 radical (unpaired) electrons. The molecule has 0 fully saturated rings. The molecule has 49 valence electrons. The Morgan fingerprint density at radius 1 is 1.50 bits per heavy atom. The third kappa shape index (κ3) is 0.540. The number of aromatic nitrogens is 2. The van der Waals surface area contributed by atoms with E-state index in [1.165, 1.54) is 12.5 Å². The minimum absolute atomic E-state index is 0.296. The lowest BCUT2D eigenvalue weighted by Gasteiger charge is -1.89. The second-order valence-corrected chi connectivity index (χ2v) is 1.81. The van der Waals surface area contributed by atoms with Gasteiger partial charge in [-0.25, -0.2) is 15.4 Å². The maximum Gasteiger partial charge on any atom is 0.292 e. The Morgan fingerprint density at radius 2 is 2.40 bits per heavy atom. The van der Waals surface area contributed by atoms with Gasteiger partial charge in [0.25, 0.3) is 5.56 Å². The van der Waals surface area contributed by atoms with E-state index in [0.717, 1.165) is 0 Å². The van der Waals surface area contributed by atoms with E-state index in [1.807, 2.05) is 0 Å². The number of nitrogens with one attached hydrogen (secondary N) is 1. The van der Waals surface area contributed by atoms with Crippen molar-refractivity contribution >= 4 is 17.7 Å². The second kappa shape index (κ2) is 1.66.